The Morgan fingerprint density at radius 1 is 1.45 bits per heavy atom. The maximum absolute atomic E-state index is 12.1. The van der Waals surface area contributed by atoms with Crippen LogP contribution in [-0.2, 0) is 24.8 Å². The summed E-state index contributed by atoms with van der Waals surface area (Å²) in [5.74, 6) is -1.02. The molecule has 1 aromatic heterocycles. The number of fused-ring (bicyclic) bond motifs is 1. The summed E-state index contributed by atoms with van der Waals surface area (Å²) >= 11 is 0. The van der Waals surface area contributed by atoms with E-state index in [1.165, 1.54) is 6.07 Å². The summed E-state index contributed by atoms with van der Waals surface area (Å²) in [5, 5.41) is 9.05. The molecule has 2 heterocycles. The van der Waals surface area contributed by atoms with Crippen molar-refractivity contribution in [2.45, 2.75) is 13.0 Å². The first-order valence-electron chi connectivity index (χ1n) is 6.18. The van der Waals surface area contributed by atoms with Crippen LogP contribution in [0.5, 0.6) is 0 Å². The number of imidazole rings is 1. The fourth-order valence-corrected chi connectivity index (χ4v) is 2.36. The van der Waals surface area contributed by atoms with Crippen LogP contribution in [0.2, 0.25) is 0 Å². The maximum atomic E-state index is 12.1. The number of aryl methyl sites for hydroxylation is 1. The summed E-state index contributed by atoms with van der Waals surface area (Å²) in [6.07, 6.45) is 3.68. The number of carbonyl (C=O) groups excluding carboxylic acids is 1. The minimum Gasteiger partial charge on any atom is -0.478 e. The molecule has 0 spiro atoms. The normalized spacial score (nSPS) is 13.7. The largest absolute Gasteiger partial charge is 0.478 e. The maximum Gasteiger partial charge on any atom is 0.335 e. The van der Waals surface area contributed by atoms with E-state index in [9.17, 15) is 9.59 Å². The number of anilines is 1. The zero-order valence-corrected chi connectivity index (χ0v) is 10.9. The quantitative estimate of drug-likeness (QED) is 0.910. The summed E-state index contributed by atoms with van der Waals surface area (Å²) in [6, 6.07) is 4.79. The van der Waals surface area contributed by atoms with Crippen molar-refractivity contribution in [2.24, 2.45) is 7.05 Å². The third kappa shape index (κ3) is 1.95. The fraction of sp³-hybridized carbons (Fsp3) is 0.214. The summed E-state index contributed by atoms with van der Waals surface area (Å²) in [4.78, 5) is 28.8. The van der Waals surface area contributed by atoms with Gasteiger partial charge in [0.15, 0.2) is 0 Å². The van der Waals surface area contributed by atoms with E-state index in [-0.39, 0.29) is 11.5 Å². The van der Waals surface area contributed by atoms with Gasteiger partial charge in [-0.1, -0.05) is 6.07 Å². The van der Waals surface area contributed by atoms with Gasteiger partial charge in [0.1, 0.15) is 0 Å². The minimum atomic E-state index is -0.993. The highest BCUT2D eigenvalue weighted by Gasteiger charge is 2.28. The third-order valence-electron chi connectivity index (χ3n) is 3.50. The van der Waals surface area contributed by atoms with E-state index >= 15 is 0 Å². The van der Waals surface area contributed by atoms with Gasteiger partial charge in [0.2, 0.25) is 5.91 Å². The average Bonchev–Trinajstić information content (AvgIpc) is 2.94. The van der Waals surface area contributed by atoms with Crippen LogP contribution < -0.4 is 4.90 Å². The number of hydrogen-bond donors (Lipinski definition) is 1. The van der Waals surface area contributed by atoms with Gasteiger partial charge >= 0.3 is 5.97 Å². The molecule has 6 heteroatoms. The molecule has 1 aliphatic heterocycles. The molecular weight excluding hydrogens is 258 g/mol. The van der Waals surface area contributed by atoms with Gasteiger partial charge in [0.25, 0.3) is 0 Å². The van der Waals surface area contributed by atoms with E-state index in [4.69, 9.17) is 5.11 Å². The van der Waals surface area contributed by atoms with E-state index < -0.39 is 5.97 Å². The van der Waals surface area contributed by atoms with Gasteiger partial charge in [-0.3, -0.25) is 4.79 Å². The van der Waals surface area contributed by atoms with Crippen LogP contribution in [0.1, 0.15) is 21.6 Å². The zero-order chi connectivity index (χ0) is 14.3. The molecule has 2 aromatic rings. The van der Waals surface area contributed by atoms with Crippen LogP contribution in [0.4, 0.5) is 5.69 Å². The molecule has 1 N–H and O–H groups in total. The predicted octanol–water partition coefficient (Wildman–Crippen LogP) is 1.21. The van der Waals surface area contributed by atoms with Crippen molar-refractivity contribution in [3.8, 4) is 0 Å². The van der Waals surface area contributed by atoms with Crippen molar-refractivity contribution >= 4 is 17.6 Å². The highest BCUT2D eigenvalue weighted by Crippen LogP contribution is 2.31. The molecule has 1 amide bonds. The molecule has 0 aliphatic carbocycles. The lowest BCUT2D eigenvalue weighted by molar-refractivity contribution is -0.117. The van der Waals surface area contributed by atoms with Crippen LogP contribution in [0.15, 0.2) is 30.7 Å². The van der Waals surface area contributed by atoms with E-state index in [1.54, 1.807) is 29.6 Å². The lowest BCUT2D eigenvalue weighted by Gasteiger charge is -2.17. The smallest absolute Gasteiger partial charge is 0.335 e. The van der Waals surface area contributed by atoms with Gasteiger partial charge < -0.3 is 14.6 Å². The van der Waals surface area contributed by atoms with Gasteiger partial charge in [-0.2, -0.15) is 0 Å². The average molecular weight is 271 g/mol. The van der Waals surface area contributed by atoms with Crippen molar-refractivity contribution < 1.29 is 14.7 Å². The Kier molecular flexibility index (Phi) is 2.78. The topological polar surface area (TPSA) is 75.4 Å². The van der Waals surface area contributed by atoms with Crippen LogP contribution in [-0.4, -0.2) is 26.5 Å². The molecule has 0 radical (unpaired) electrons. The summed E-state index contributed by atoms with van der Waals surface area (Å²) in [5.41, 5.74) is 2.62. The Bertz CT molecular complexity index is 705. The van der Waals surface area contributed by atoms with Crippen molar-refractivity contribution in [2.75, 3.05) is 4.90 Å². The lowest BCUT2D eigenvalue weighted by atomic mass is 10.1. The number of aromatic carboxylic acids is 1. The summed E-state index contributed by atoms with van der Waals surface area (Å²) in [7, 11) is 1.86. The lowest BCUT2D eigenvalue weighted by Crippen LogP contribution is -2.27. The first-order chi connectivity index (χ1) is 9.56. The molecule has 1 aliphatic rings. The van der Waals surface area contributed by atoms with E-state index in [1.807, 2.05) is 11.6 Å². The van der Waals surface area contributed by atoms with E-state index in [0.29, 0.717) is 18.7 Å². The first-order valence-corrected chi connectivity index (χ1v) is 6.18. The van der Waals surface area contributed by atoms with Crippen molar-refractivity contribution in [1.82, 2.24) is 9.55 Å². The molecule has 0 unspecified atom stereocenters. The second-order valence-corrected chi connectivity index (χ2v) is 4.80. The Morgan fingerprint density at radius 2 is 2.25 bits per heavy atom. The Morgan fingerprint density at radius 3 is 2.90 bits per heavy atom. The first kappa shape index (κ1) is 12.4. The minimum absolute atomic E-state index is 0.0243. The second-order valence-electron chi connectivity index (χ2n) is 4.80. The molecule has 0 saturated heterocycles. The molecule has 20 heavy (non-hydrogen) atoms. The number of hydrogen-bond acceptors (Lipinski definition) is 3. The summed E-state index contributed by atoms with van der Waals surface area (Å²) in [6.45, 7) is 0.394. The highest BCUT2D eigenvalue weighted by atomic mass is 16.4. The van der Waals surface area contributed by atoms with Gasteiger partial charge in [0.05, 0.1) is 30.6 Å². The molecule has 0 saturated carbocycles. The van der Waals surface area contributed by atoms with Crippen molar-refractivity contribution in [3.05, 3.63) is 47.5 Å². The monoisotopic (exact) mass is 271 g/mol. The number of carbonyl (C=O) groups is 2. The van der Waals surface area contributed by atoms with Crippen molar-refractivity contribution in [1.29, 1.82) is 0 Å². The van der Waals surface area contributed by atoms with Crippen LogP contribution in [0.25, 0.3) is 0 Å². The molecule has 0 fully saturated rings. The number of aromatic nitrogens is 2. The van der Waals surface area contributed by atoms with Gasteiger partial charge in [-0.15, -0.1) is 0 Å². The highest BCUT2D eigenvalue weighted by molar-refractivity contribution is 6.02. The SMILES string of the molecule is Cn1cncc1CN1C(=O)Cc2ccc(C(=O)O)cc21. The van der Waals surface area contributed by atoms with Crippen LogP contribution in [0.3, 0.4) is 0 Å². The van der Waals surface area contributed by atoms with E-state index in [2.05, 4.69) is 4.98 Å². The molecule has 6 nitrogen and oxygen atoms in total. The molecule has 3 rings (SSSR count). The molecule has 0 bridgehead atoms. The molecular formula is C14H13N3O3. The standard InChI is InChI=1S/C14H13N3O3/c1-16-8-15-6-11(16)7-17-12-4-10(14(19)20)3-2-9(12)5-13(17)18/h2-4,6,8H,5,7H2,1H3,(H,19,20). The Balaban J connectivity index is 1.98. The van der Waals surface area contributed by atoms with Gasteiger partial charge in [-0.05, 0) is 17.7 Å². The van der Waals surface area contributed by atoms with Gasteiger partial charge in [-0.25, -0.2) is 9.78 Å². The number of carboxylic acid groups (broad SMARTS) is 1. The molecule has 1 aromatic carbocycles. The number of rotatable bonds is 3. The summed E-state index contributed by atoms with van der Waals surface area (Å²) < 4.78 is 1.84. The van der Waals surface area contributed by atoms with Crippen LogP contribution >= 0.6 is 0 Å². The number of amides is 1. The Labute approximate surface area is 115 Å². The number of nitrogens with zero attached hydrogens (tertiary/aromatic N) is 3. The number of benzene rings is 1. The number of carboxylic acids is 1. The molecule has 102 valence electrons. The fourth-order valence-electron chi connectivity index (χ4n) is 2.36. The Hall–Kier alpha value is -2.63. The zero-order valence-electron chi connectivity index (χ0n) is 10.9. The molecule has 0 atom stereocenters. The van der Waals surface area contributed by atoms with Crippen molar-refractivity contribution in [3.63, 3.8) is 0 Å². The third-order valence-corrected chi connectivity index (χ3v) is 3.50. The predicted molar refractivity (Wildman–Crippen MR) is 71.5 cm³/mol. The van der Waals surface area contributed by atoms with Crippen LogP contribution in [0, 0.1) is 0 Å². The van der Waals surface area contributed by atoms with E-state index in [0.717, 1.165) is 11.3 Å². The van der Waals surface area contributed by atoms with Gasteiger partial charge in [0, 0.05) is 18.9 Å². The second kappa shape index (κ2) is 4.48.